The Labute approximate surface area is 145 Å². The summed E-state index contributed by atoms with van der Waals surface area (Å²) >= 11 is 5.68. The first-order valence-electron chi connectivity index (χ1n) is 6.28. The lowest BCUT2D eigenvalue weighted by molar-refractivity contribution is -0.396. The van der Waals surface area contributed by atoms with Crippen LogP contribution in [0, 0.1) is 20.2 Å². The van der Waals surface area contributed by atoms with E-state index in [0.29, 0.717) is 18.4 Å². The van der Waals surface area contributed by atoms with Crippen molar-refractivity contribution in [2.45, 2.75) is 4.90 Å². The highest BCUT2D eigenvalue weighted by atomic mass is 35.5. The van der Waals surface area contributed by atoms with E-state index in [4.69, 9.17) is 15.8 Å². The first-order valence-corrected chi connectivity index (χ1v) is 8.06. The Hall–Kier alpha value is -3.05. The summed E-state index contributed by atoms with van der Waals surface area (Å²) in [6.45, 7) is 0. The number of rotatable bonds is 6. The zero-order valence-corrected chi connectivity index (χ0v) is 13.6. The van der Waals surface area contributed by atoms with Gasteiger partial charge in [-0.05, 0) is 24.3 Å². The molecule has 0 aliphatic rings. The fourth-order valence-electron chi connectivity index (χ4n) is 1.82. The predicted octanol–water partition coefficient (Wildman–Crippen LogP) is 2.74. The van der Waals surface area contributed by atoms with Crippen molar-refractivity contribution in [1.82, 2.24) is 0 Å². The molecule has 0 unspecified atom stereocenters. The fraction of sp³-hybridized carbons (Fsp3) is 0. The number of hydrogen-bond acceptors (Lipinski definition) is 8. The van der Waals surface area contributed by atoms with E-state index in [1.165, 1.54) is 6.07 Å². The number of nitro groups is 2. The quantitative estimate of drug-likeness (QED) is 0.318. The molecule has 2 aromatic rings. The number of benzene rings is 2. The van der Waals surface area contributed by atoms with E-state index < -0.39 is 42.0 Å². The monoisotopic (exact) mass is 386 g/mol. The van der Waals surface area contributed by atoms with Gasteiger partial charge in [0.05, 0.1) is 21.5 Å². The molecule has 0 saturated heterocycles. The fourth-order valence-corrected chi connectivity index (χ4v) is 3.11. The maximum Gasteiger partial charge on any atom is 0.346 e. The number of hydrogen-bond donors (Lipinski definition) is 0. The molecule has 25 heavy (non-hydrogen) atoms. The lowest BCUT2D eigenvalue weighted by Crippen LogP contribution is -2.13. The van der Waals surface area contributed by atoms with Crippen LogP contribution in [-0.2, 0) is 10.1 Å². The van der Waals surface area contributed by atoms with Crippen LogP contribution in [0.25, 0.3) is 0 Å². The minimum Gasteiger partial charge on any atom is -0.378 e. The number of carbonyl (C=O) groups is 1. The minimum absolute atomic E-state index is 0.146. The van der Waals surface area contributed by atoms with Gasteiger partial charge in [-0.2, -0.15) is 8.42 Å². The highest BCUT2D eigenvalue weighted by molar-refractivity contribution is 7.87. The van der Waals surface area contributed by atoms with E-state index in [1.54, 1.807) is 0 Å². The molecule has 10 nitrogen and oxygen atoms in total. The predicted molar refractivity (Wildman–Crippen MR) is 84.4 cm³/mol. The molecule has 0 atom stereocenters. The Bertz CT molecular complexity index is 990. The molecule has 2 rings (SSSR count). The third kappa shape index (κ3) is 3.89. The average molecular weight is 387 g/mol. The van der Waals surface area contributed by atoms with Crippen molar-refractivity contribution in [3.8, 4) is 5.75 Å². The first kappa shape index (κ1) is 18.3. The normalized spacial score (nSPS) is 10.9. The van der Waals surface area contributed by atoms with Gasteiger partial charge in [0.1, 0.15) is 0 Å². The molecule has 130 valence electrons. The lowest BCUT2D eigenvalue weighted by Gasteiger charge is -2.09. The molecule has 0 aromatic heterocycles. The van der Waals surface area contributed by atoms with Gasteiger partial charge in [-0.25, -0.2) is 0 Å². The Morgan fingerprint density at radius 1 is 1.04 bits per heavy atom. The van der Waals surface area contributed by atoms with E-state index in [0.717, 1.165) is 18.2 Å². The standard InChI is InChI=1S/C13H7ClN2O8S/c14-9-1-3-12(8(5-9)7-17)24-25(22,23)13-4-2-10(15(18)19)6-11(13)16(20)21/h1-7H. The molecule has 0 spiro atoms. The summed E-state index contributed by atoms with van der Waals surface area (Å²) < 4.78 is 29.4. The molecular formula is C13H7ClN2O8S. The van der Waals surface area contributed by atoms with Gasteiger partial charge in [0.25, 0.3) is 11.4 Å². The van der Waals surface area contributed by atoms with Crippen LogP contribution in [0.4, 0.5) is 11.4 Å². The van der Waals surface area contributed by atoms with E-state index in [9.17, 15) is 33.4 Å². The summed E-state index contributed by atoms with van der Waals surface area (Å²) in [6.07, 6.45) is 0.293. The highest BCUT2D eigenvalue weighted by Crippen LogP contribution is 2.31. The van der Waals surface area contributed by atoms with Gasteiger partial charge in [0, 0.05) is 11.1 Å². The topological polar surface area (TPSA) is 147 Å². The maximum absolute atomic E-state index is 12.3. The molecular weight excluding hydrogens is 380 g/mol. The molecule has 0 bridgehead atoms. The average Bonchev–Trinajstić information content (AvgIpc) is 2.55. The molecule has 0 saturated carbocycles. The van der Waals surface area contributed by atoms with Crippen molar-refractivity contribution in [2.75, 3.05) is 0 Å². The van der Waals surface area contributed by atoms with Crippen LogP contribution in [0.5, 0.6) is 5.75 Å². The second-order valence-corrected chi connectivity index (χ2v) is 6.45. The van der Waals surface area contributed by atoms with Crippen molar-refractivity contribution in [2.24, 2.45) is 0 Å². The van der Waals surface area contributed by atoms with E-state index >= 15 is 0 Å². The summed E-state index contributed by atoms with van der Waals surface area (Å²) in [5.74, 6) is -0.396. The third-order valence-corrected chi connectivity index (χ3v) is 4.44. The second-order valence-electron chi connectivity index (χ2n) is 4.50. The number of halogens is 1. The molecule has 0 radical (unpaired) electrons. The summed E-state index contributed by atoms with van der Waals surface area (Å²) in [5.41, 5.74) is -1.89. The van der Waals surface area contributed by atoms with Crippen LogP contribution in [0.15, 0.2) is 41.3 Å². The largest absolute Gasteiger partial charge is 0.378 e. The van der Waals surface area contributed by atoms with Crippen molar-refractivity contribution in [3.63, 3.8) is 0 Å². The van der Waals surface area contributed by atoms with Gasteiger partial charge < -0.3 is 4.18 Å². The highest BCUT2D eigenvalue weighted by Gasteiger charge is 2.30. The molecule has 2 aromatic carbocycles. The van der Waals surface area contributed by atoms with Gasteiger partial charge in [-0.3, -0.25) is 25.0 Å². The van der Waals surface area contributed by atoms with Gasteiger partial charge in [0.2, 0.25) is 0 Å². The maximum atomic E-state index is 12.3. The molecule has 0 amide bonds. The Morgan fingerprint density at radius 2 is 1.72 bits per heavy atom. The molecule has 0 aliphatic carbocycles. The molecule has 0 aliphatic heterocycles. The molecule has 0 N–H and O–H groups in total. The number of non-ortho nitro benzene ring substituents is 1. The molecule has 0 heterocycles. The zero-order chi connectivity index (χ0) is 18.8. The number of carbonyl (C=O) groups excluding carboxylic acids is 1. The van der Waals surface area contributed by atoms with Crippen LogP contribution in [0.2, 0.25) is 5.02 Å². The zero-order valence-electron chi connectivity index (χ0n) is 12.0. The summed E-state index contributed by atoms with van der Waals surface area (Å²) in [6, 6.07) is 5.46. The smallest absolute Gasteiger partial charge is 0.346 e. The molecule has 12 heteroatoms. The Morgan fingerprint density at radius 3 is 2.28 bits per heavy atom. The lowest BCUT2D eigenvalue weighted by atomic mass is 10.2. The summed E-state index contributed by atoms with van der Waals surface area (Å²) in [4.78, 5) is 29.8. The van der Waals surface area contributed by atoms with Crippen molar-refractivity contribution in [3.05, 3.63) is 67.2 Å². The SMILES string of the molecule is O=Cc1cc(Cl)ccc1OS(=O)(=O)c1ccc([N+](=O)[O-])cc1[N+](=O)[O-]. The minimum atomic E-state index is -4.74. The van der Waals surface area contributed by atoms with Gasteiger partial charge in [0.15, 0.2) is 16.9 Å². The first-order chi connectivity index (χ1) is 11.7. The van der Waals surface area contributed by atoms with Crippen LogP contribution in [0.1, 0.15) is 10.4 Å². The van der Waals surface area contributed by atoms with Crippen LogP contribution in [-0.4, -0.2) is 24.6 Å². The van der Waals surface area contributed by atoms with Gasteiger partial charge in [-0.1, -0.05) is 11.6 Å². The Kier molecular flexibility index (Phi) is 4.99. The number of nitrogens with zero attached hydrogens (tertiary/aromatic N) is 2. The van der Waals surface area contributed by atoms with Crippen molar-refractivity contribution >= 4 is 39.4 Å². The van der Waals surface area contributed by atoms with Gasteiger partial charge >= 0.3 is 10.1 Å². The van der Waals surface area contributed by atoms with Gasteiger partial charge in [-0.15, -0.1) is 0 Å². The van der Waals surface area contributed by atoms with E-state index in [1.807, 2.05) is 0 Å². The van der Waals surface area contributed by atoms with Crippen molar-refractivity contribution in [1.29, 1.82) is 0 Å². The number of nitro benzene ring substituents is 2. The second kappa shape index (κ2) is 6.83. The van der Waals surface area contributed by atoms with Crippen molar-refractivity contribution < 1.29 is 27.2 Å². The van der Waals surface area contributed by atoms with Crippen LogP contribution >= 0.6 is 11.6 Å². The summed E-state index contributed by atoms with van der Waals surface area (Å²) in [5, 5.41) is 21.9. The number of aldehydes is 1. The van der Waals surface area contributed by atoms with E-state index in [-0.39, 0.29) is 10.6 Å². The summed E-state index contributed by atoms with van der Waals surface area (Å²) in [7, 11) is -4.74. The molecule has 0 fully saturated rings. The Balaban J connectivity index is 2.55. The van der Waals surface area contributed by atoms with Crippen LogP contribution < -0.4 is 4.18 Å². The third-order valence-electron chi connectivity index (χ3n) is 2.92. The van der Waals surface area contributed by atoms with Crippen LogP contribution in [0.3, 0.4) is 0 Å². The van der Waals surface area contributed by atoms with E-state index in [2.05, 4.69) is 0 Å².